The van der Waals surface area contributed by atoms with Gasteiger partial charge in [0.1, 0.15) is 12.2 Å². The Morgan fingerprint density at radius 3 is 2.07 bits per heavy atom. The first kappa shape index (κ1) is 20.6. The maximum absolute atomic E-state index is 13.1. The summed E-state index contributed by atoms with van der Waals surface area (Å²) in [5.41, 5.74) is -0.790. The predicted octanol–water partition coefficient (Wildman–Crippen LogP) is 2.13. The molecular formula is C21H21ClO6. The summed E-state index contributed by atoms with van der Waals surface area (Å²) in [5, 5.41) is 29.5. The van der Waals surface area contributed by atoms with E-state index in [2.05, 4.69) is 0 Å². The van der Waals surface area contributed by atoms with Crippen LogP contribution in [-0.2, 0) is 4.74 Å². The summed E-state index contributed by atoms with van der Waals surface area (Å²) < 4.78 is 5.17. The van der Waals surface area contributed by atoms with Crippen LogP contribution in [0.5, 0.6) is 0 Å². The number of hydrogen-bond acceptors (Lipinski definition) is 6. The number of rotatable bonds is 5. The van der Waals surface area contributed by atoms with Crippen molar-refractivity contribution >= 4 is 23.2 Å². The van der Waals surface area contributed by atoms with Crippen LogP contribution in [0.25, 0.3) is 0 Å². The molecule has 1 heterocycles. The molecule has 148 valence electrons. The zero-order valence-electron chi connectivity index (χ0n) is 15.4. The first-order valence-electron chi connectivity index (χ1n) is 8.76. The van der Waals surface area contributed by atoms with Crippen LogP contribution in [0.1, 0.15) is 38.3 Å². The highest BCUT2D eigenvalue weighted by molar-refractivity contribution is 6.22. The lowest BCUT2D eigenvalue weighted by molar-refractivity contribution is -0.154. The number of hydrogen-bond donors (Lipinski definition) is 3. The Hall–Kier alpha value is -2.09. The van der Waals surface area contributed by atoms with Crippen LogP contribution in [0.15, 0.2) is 48.5 Å². The number of halogens is 1. The first-order valence-corrected chi connectivity index (χ1v) is 9.14. The van der Waals surface area contributed by atoms with Crippen molar-refractivity contribution in [3.63, 3.8) is 0 Å². The Bertz CT molecular complexity index is 925. The molecule has 0 amide bonds. The van der Waals surface area contributed by atoms with Crippen molar-refractivity contribution in [3.8, 4) is 0 Å². The Labute approximate surface area is 167 Å². The number of aliphatic hydroxyl groups is 3. The van der Waals surface area contributed by atoms with E-state index >= 15 is 0 Å². The summed E-state index contributed by atoms with van der Waals surface area (Å²) >= 11 is 5.84. The fourth-order valence-corrected chi connectivity index (χ4v) is 3.81. The minimum Gasteiger partial charge on any atom is -0.382 e. The van der Waals surface area contributed by atoms with E-state index in [0.29, 0.717) is 11.1 Å². The molecule has 0 saturated carbocycles. The lowest BCUT2D eigenvalue weighted by Crippen LogP contribution is -2.54. The van der Waals surface area contributed by atoms with E-state index in [9.17, 15) is 24.9 Å². The highest BCUT2D eigenvalue weighted by Crippen LogP contribution is 2.43. The Morgan fingerprint density at radius 1 is 1.04 bits per heavy atom. The maximum atomic E-state index is 13.1. The van der Waals surface area contributed by atoms with Crippen LogP contribution in [-0.4, -0.2) is 49.9 Å². The molecule has 2 unspecified atom stereocenters. The smallest absolute Gasteiger partial charge is 0.249 e. The number of benzene rings is 2. The standard InChI is InChI=1S/C21H21ClO6/c1-12-7-3-5-9-14(12)16(23)17(24)19-20(26,11-21(22,27)28-19)18(25)15-10-6-4-8-13(15)2/h3-10,17,19,24,26-27H,11H2,1-2H3/t17?,19-,20-,21?/m0/s1. The van der Waals surface area contributed by atoms with E-state index in [1.54, 1.807) is 50.2 Å². The van der Waals surface area contributed by atoms with Crippen molar-refractivity contribution in [2.75, 3.05) is 0 Å². The molecular weight excluding hydrogens is 384 g/mol. The minimum atomic E-state index is -2.40. The molecule has 4 atom stereocenters. The van der Waals surface area contributed by atoms with Crippen molar-refractivity contribution in [2.24, 2.45) is 0 Å². The lowest BCUT2D eigenvalue weighted by atomic mass is 9.81. The molecule has 0 aliphatic carbocycles. The Morgan fingerprint density at radius 2 is 1.54 bits per heavy atom. The zero-order chi connectivity index (χ0) is 20.7. The molecule has 2 aromatic carbocycles. The van der Waals surface area contributed by atoms with E-state index < -0.39 is 41.0 Å². The molecule has 3 rings (SSSR count). The molecule has 0 spiro atoms. The van der Waals surface area contributed by atoms with Crippen molar-refractivity contribution in [1.82, 2.24) is 0 Å². The average molecular weight is 405 g/mol. The van der Waals surface area contributed by atoms with Crippen LogP contribution >= 0.6 is 11.6 Å². The van der Waals surface area contributed by atoms with Crippen molar-refractivity contribution in [2.45, 2.75) is 43.3 Å². The van der Waals surface area contributed by atoms with Gasteiger partial charge < -0.3 is 20.1 Å². The lowest BCUT2D eigenvalue weighted by Gasteiger charge is -2.30. The highest BCUT2D eigenvalue weighted by Gasteiger charge is 2.62. The molecule has 0 radical (unpaired) electrons. The SMILES string of the molecule is Cc1ccccc1C(=O)C(O)[C@@H]1OC(O)(Cl)C[C@]1(O)C(=O)c1ccccc1C. The molecule has 3 N–H and O–H groups in total. The molecule has 2 aromatic rings. The van der Waals surface area contributed by atoms with Crippen LogP contribution in [0, 0.1) is 13.8 Å². The second kappa shape index (κ2) is 7.39. The summed E-state index contributed by atoms with van der Waals surface area (Å²) in [6.45, 7) is 3.38. The first-order chi connectivity index (χ1) is 13.1. The number of alkyl halides is 1. The molecule has 7 heteroatoms. The van der Waals surface area contributed by atoms with E-state index in [-0.39, 0.29) is 11.1 Å². The number of ketones is 2. The predicted molar refractivity (Wildman–Crippen MR) is 102 cm³/mol. The van der Waals surface area contributed by atoms with Gasteiger partial charge in [-0.3, -0.25) is 9.59 Å². The third kappa shape index (κ3) is 3.62. The summed E-state index contributed by atoms with van der Waals surface area (Å²) in [6.07, 6.45) is -4.35. The van der Waals surface area contributed by atoms with Gasteiger partial charge in [0.2, 0.25) is 5.25 Å². The molecule has 1 aliphatic rings. The van der Waals surface area contributed by atoms with E-state index in [0.717, 1.165) is 0 Å². The number of aryl methyl sites for hydroxylation is 2. The van der Waals surface area contributed by atoms with Gasteiger partial charge in [0.05, 0.1) is 6.42 Å². The largest absolute Gasteiger partial charge is 0.382 e. The van der Waals surface area contributed by atoms with Crippen molar-refractivity contribution < 1.29 is 29.6 Å². The van der Waals surface area contributed by atoms with Gasteiger partial charge in [0.25, 0.3) is 0 Å². The summed E-state index contributed by atoms with van der Waals surface area (Å²) in [4.78, 5) is 25.9. The molecule has 28 heavy (non-hydrogen) atoms. The number of carbonyl (C=O) groups is 2. The zero-order valence-corrected chi connectivity index (χ0v) is 16.2. The van der Waals surface area contributed by atoms with Gasteiger partial charge in [-0.15, -0.1) is 0 Å². The summed E-state index contributed by atoms with van der Waals surface area (Å²) in [7, 11) is 0. The molecule has 1 aliphatic heterocycles. The quantitative estimate of drug-likeness (QED) is 0.521. The number of aliphatic hydroxyl groups excluding tert-OH is 1. The van der Waals surface area contributed by atoms with Crippen molar-refractivity contribution in [1.29, 1.82) is 0 Å². The van der Waals surface area contributed by atoms with Gasteiger partial charge in [-0.1, -0.05) is 60.1 Å². The van der Waals surface area contributed by atoms with E-state index in [1.165, 1.54) is 12.1 Å². The van der Waals surface area contributed by atoms with Crippen LogP contribution < -0.4 is 0 Å². The van der Waals surface area contributed by atoms with Crippen molar-refractivity contribution in [3.05, 3.63) is 70.8 Å². The number of Topliss-reactive ketones (excluding diaryl/α,β-unsaturated/α-hetero) is 2. The molecule has 1 saturated heterocycles. The van der Waals surface area contributed by atoms with Gasteiger partial charge in [0, 0.05) is 11.1 Å². The Balaban J connectivity index is 2.00. The normalized spacial score (nSPS) is 28.1. The molecule has 0 bridgehead atoms. The van der Waals surface area contributed by atoms with E-state index in [1.807, 2.05) is 0 Å². The second-order valence-corrected chi connectivity index (χ2v) is 7.69. The Kier molecular flexibility index (Phi) is 5.44. The number of carbonyl (C=O) groups excluding carboxylic acids is 2. The summed E-state index contributed by atoms with van der Waals surface area (Å²) in [5.74, 6) is -1.53. The van der Waals surface area contributed by atoms with Crippen LogP contribution in [0.4, 0.5) is 0 Å². The molecule has 0 aromatic heterocycles. The van der Waals surface area contributed by atoms with Gasteiger partial charge in [-0.2, -0.15) is 0 Å². The number of ether oxygens (including phenoxy) is 1. The third-order valence-corrected chi connectivity index (χ3v) is 5.24. The fraction of sp³-hybridized carbons (Fsp3) is 0.333. The minimum absolute atomic E-state index is 0.184. The van der Waals surface area contributed by atoms with E-state index in [4.69, 9.17) is 16.3 Å². The van der Waals surface area contributed by atoms with Gasteiger partial charge >= 0.3 is 0 Å². The van der Waals surface area contributed by atoms with Gasteiger partial charge in [0.15, 0.2) is 17.2 Å². The van der Waals surface area contributed by atoms with Crippen LogP contribution in [0.3, 0.4) is 0 Å². The van der Waals surface area contributed by atoms with Gasteiger partial charge in [-0.25, -0.2) is 0 Å². The van der Waals surface area contributed by atoms with Gasteiger partial charge in [-0.05, 0) is 25.0 Å². The maximum Gasteiger partial charge on any atom is 0.249 e. The molecule has 6 nitrogen and oxygen atoms in total. The van der Waals surface area contributed by atoms with Crippen LogP contribution in [0.2, 0.25) is 0 Å². The topological polar surface area (TPSA) is 104 Å². The summed E-state index contributed by atoms with van der Waals surface area (Å²) in [6, 6.07) is 13.1. The fourth-order valence-electron chi connectivity index (χ4n) is 3.51. The highest BCUT2D eigenvalue weighted by atomic mass is 35.5. The molecule has 1 fully saturated rings. The third-order valence-electron chi connectivity index (χ3n) is 5.01. The second-order valence-electron chi connectivity index (χ2n) is 7.10. The monoisotopic (exact) mass is 404 g/mol. The average Bonchev–Trinajstić information content (AvgIpc) is 2.91.